The third-order valence-electron chi connectivity index (χ3n) is 4.42. The Balaban J connectivity index is 1.66. The third kappa shape index (κ3) is 5.26. The number of ether oxygens (including phenoxy) is 2. The van der Waals surface area contributed by atoms with E-state index in [4.69, 9.17) is 9.47 Å². The quantitative estimate of drug-likeness (QED) is 0.425. The van der Waals surface area contributed by atoms with Crippen LogP contribution in [0.25, 0.3) is 5.69 Å². The molecule has 0 atom stereocenters. The van der Waals surface area contributed by atoms with E-state index in [2.05, 4.69) is 10.4 Å². The Labute approximate surface area is 175 Å². The van der Waals surface area contributed by atoms with Crippen molar-refractivity contribution in [1.82, 2.24) is 9.78 Å². The summed E-state index contributed by atoms with van der Waals surface area (Å²) in [5, 5.41) is 7.08. The highest BCUT2D eigenvalue weighted by atomic mass is 16.5. The van der Waals surface area contributed by atoms with Gasteiger partial charge in [-0.25, -0.2) is 9.48 Å². The zero-order valence-corrected chi connectivity index (χ0v) is 17.1. The van der Waals surface area contributed by atoms with Gasteiger partial charge < -0.3 is 14.8 Å². The molecule has 1 aromatic heterocycles. The summed E-state index contributed by atoms with van der Waals surface area (Å²) in [6.45, 7) is 4.36. The fourth-order valence-corrected chi connectivity index (χ4v) is 2.92. The minimum absolute atomic E-state index is 0.213. The number of carbonyl (C=O) groups excluding carboxylic acids is 2. The summed E-state index contributed by atoms with van der Waals surface area (Å²) in [7, 11) is 0. The number of hydrogen-bond acceptors (Lipinski definition) is 5. The largest absolute Gasteiger partial charge is 0.493 e. The van der Waals surface area contributed by atoms with Crippen molar-refractivity contribution in [3.05, 3.63) is 71.9 Å². The Kier molecular flexibility index (Phi) is 7.21. The average Bonchev–Trinajstić information content (AvgIpc) is 3.16. The topological polar surface area (TPSA) is 82.5 Å². The van der Waals surface area contributed by atoms with Crippen molar-refractivity contribution in [2.45, 2.75) is 26.7 Å². The number of nitrogens with zero attached hydrogens (tertiary/aromatic N) is 2. The van der Waals surface area contributed by atoms with Crippen LogP contribution in [0, 0.1) is 6.92 Å². The van der Waals surface area contributed by atoms with Gasteiger partial charge in [-0.05, 0) is 44.0 Å². The standard InChI is InChI=1S/C23H25N3O4/c1-3-29-23(28)19-16-24-26(18-11-5-4-6-12-18)22(19)25-21(27)14-9-15-30-20-13-8-7-10-17(20)2/h4-8,10-13,16H,3,9,14-15H2,1-2H3,(H,25,27). The van der Waals surface area contributed by atoms with Gasteiger partial charge in [0.1, 0.15) is 11.3 Å². The van der Waals surface area contributed by atoms with Crippen molar-refractivity contribution in [1.29, 1.82) is 0 Å². The number of benzene rings is 2. The molecule has 7 nitrogen and oxygen atoms in total. The number of anilines is 1. The third-order valence-corrected chi connectivity index (χ3v) is 4.42. The van der Waals surface area contributed by atoms with Crippen LogP contribution in [0.2, 0.25) is 0 Å². The Hall–Kier alpha value is -3.61. The van der Waals surface area contributed by atoms with Crippen molar-refractivity contribution in [2.75, 3.05) is 18.5 Å². The summed E-state index contributed by atoms with van der Waals surface area (Å²) in [6.07, 6.45) is 2.18. The van der Waals surface area contributed by atoms with Gasteiger partial charge in [0.15, 0.2) is 5.82 Å². The van der Waals surface area contributed by atoms with E-state index in [1.165, 1.54) is 10.9 Å². The SMILES string of the molecule is CCOC(=O)c1cnn(-c2ccccc2)c1NC(=O)CCCOc1ccccc1C. The van der Waals surface area contributed by atoms with Gasteiger partial charge in [-0.15, -0.1) is 0 Å². The number of esters is 1. The zero-order chi connectivity index (χ0) is 21.3. The van der Waals surface area contributed by atoms with Crippen molar-refractivity contribution in [2.24, 2.45) is 0 Å². The fraction of sp³-hybridized carbons (Fsp3) is 0.261. The van der Waals surface area contributed by atoms with Gasteiger partial charge in [0.2, 0.25) is 5.91 Å². The number of aryl methyl sites for hydroxylation is 1. The second kappa shape index (κ2) is 10.2. The highest BCUT2D eigenvalue weighted by molar-refractivity contribution is 6.00. The monoisotopic (exact) mass is 407 g/mol. The number of carbonyl (C=O) groups is 2. The summed E-state index contributed by atoms with van der Waals surface area (Å²) in [4.78, 5) is 24.8. The number of para-hydroxylation sites is 2. The average molecular weight is 407 g/mol. The van der Waals surface area contributed by atoms with Crippen LogP contribution in [-0.4, -0.2) is 34.9 Å². The summed E-state index contributed by atoms with van der Waals surface area (Å²) in [5.41, 5.74) is 1.99. The molecule has 0 bridgehead atoms. The minimum atomic E-state index is -0.530. The van der Waals surface area contributed by atoms with Gasteiger partial charge in [-0.1, -0.05) is 36.4 Å². The summed E-state index contributed by atoms with van der Waals surface area (Å²) >= 11 is 0. The van der Waals surface area contributed by atoms with Gasteiger partial charge in [-0.2, -0.15) is 5.10 Å². The molecule has 0 aliphatic carbocycles. The van der Waals surface area contributed by atoms with Crippen LogP contribution in [-0.2, 0) is 9.53 Å². The van der Waals surface area contributed by atoms with Gasteiger partial charge in [0.25, 0.3) is 0 Å². The molecule has 0 aliphatic heterocycles. The molecular weight excluding hydrogens is 382 g/mol. The Morgan fingerprint density at radius 2 is 1.80 bits per heavy atom. The number of hydrogen-bond donors (Lipinski definition) is 1. The first-order valence-corrected chi connectivity index (χ1v) is 9.89. The lowest BCUT2D eigenvalue weighted by Gasteiger charge is -2.12. The van der Waals surface area contributed by atoms with Crippen molar-refractivity contribution >= 4 is 17.7 Å². The van der Waals surface area contributed by atoms with E-state index in [1.807, 2.05) is 61.5 Å². The van der Waals surface area contributed by atoms with Crippen molar-refractivity contribution in [3.63, 3.8) is 0 Å². The molecule has 0 unspecified atom stereocenters. The van der Waals surface area contributed by atoms with Gasteiger partial charge in [-0.3, -0.25) is 4.79 Å². The maximum atomic E-state index is 12.5. The molecule has 30 heavy (non-hydrogen) atoms. The predicted octanol–water partition coefficient (Wildman–Crippen LogP) is 4.16. The molecule has 0 aliphatic rings. The lowest BCUT2D eigenvalue weighted by molar-refractivity contribution is -0.116. The van der Waals surface area contributed by atoms with Crippen molar-refractivity contribution in [3.8, 4) is 11.4 Å². The van der Waals surface area contributed by atoms with Gasteiger partial charge in [0.05, 0.1) is 25.1 Å². The van der Waals surface area contributed by atoms with Crippen LogP contribution in [0.4, 0.5) is 5.82 Å². The zero-order valence-electron chi connectivity index (χ0n) is 17.1. The number of aromatic nitrogens is 2. The van der Waals surface area contributed by atoms with Crippen LogP contribution in [0.3, 0.4) is 0 Å². The Morgan fingerprint density at radius 3 is 2.53 bits per heavy atom. The molecule has 0 saturated carbocycles. The first-order valence-electron chi connectivity index (χ1n) is 9.89. The molecule has 2 aromatic carbocycles. The normalized spacial score (nSPS) is 10.5. The second-order valence-electron chi connectivity index (χ2n) is 6.64. The van der Waals surface area contributed by atoms with E-state index in [0.29, 0.717) is 18.8 Å². The summed E-state index contributed by atoms with van der Waals surface area (Å²) in [5.74, 6) is 0.346. The fourth-order valence-electron chi connectivity index (χ4n) is 2.92. The van der Waals surface area contributed by atoms with E-state index in [-0.39, 0.29) is 24.5 Å². The van der Waals surface area contributed by atoms with E-state index in [9.17, 15) is 9.59 Å². The van der Waals surface area contributed by atoms with Crippen molar-refractivity contribution < 1.29 is 19.1 Å². The lowest BCUT2D eigenvalue weighted by atomic mass is 10.2. The number of amides is 1. The first kappa shape index (κ1) is 21.1. The molecule has 0 radical (unpaired) electrons. The molecule has 1 amide bonds. The van der Waals surface area contributed by atoms with Crippen LogP contribution >= 0.6 is 0 Å². The van der Waals surface area contributed by atoms with Crippen LogP contribution < -0.4 is 10.1 Å². The smallest absolute Gasteiger partial charge is 0.343 e. The minimum Gasteiger partial charge on any atom is -0.493 e. The van der Waals surface area contributed by atoms with E-state index in [0.717, 1.165) is 17.0 Å². The molecule has 1 heterocycles. The molecule has 156 valence electrons. The molecule has 0 spiro atoms. The molecule has 0 saturated heterocycles. The van der Waals surface area contributed by atoms with E-state index < -0.39 is 5.97 Å². The Bertz CT molecular complexity index is 999. The molecule has 7 heteroatoms. The van der Waals surface area contributed by atoms with E-state index >= 15 is 0 Å². The Morgan fingerprint density at radius 1 is 1.07 bits per heavy atom. The maximum absolute atomic E-state index is 12.5. The number of nitrogens with one attached hydrogen (secondary N) is 1. The van der Waals surface area contributed by atoms with Crippen LogP contribution in [0.1, 0.15) is 35.7 Å². The highest BCUT2D eigenvalue weighted by Gasteiger charge is 2.21. The predicted molar refractivity (Wildman–Crippen MR) is 114 cm³/mol. The first-order chi connectivity index (χ1) is 14.6. The van der Waals surface area contributed by atoms with Crippen LogP contribution in [0.15, 0.2) is 60.8 Å². The molecule has 1 N–H and O–H groups in total. The van der Waals surface area contributed by atoms with E-state index in [1.54, 1.807) is 6.92 Å². The molecule has 0 fully saturated rings. The summed E-state index contributed by atoms with van der Waals surface area (Å²) < 4.78 is 12.4. The van der Waals surface area contributed by atoms with Gasteiger partial charge >= 0.3 is 5.97 Å². The van der Waals surface area contributed by atoms with Crippen LogP contribution in [0.5, 0.6) is 5.75 Å². The second-order valence-corrected chi connectivity index (χ2v) is 6.64. The molecular formula is C23H25N3O4. The molecule has 3 rings (SSSR count). The van der Waals surface area contributed by atoms with Gasteiger partial charge in [0, 0.05) is 6.42 Å². The summed E-state index contributed by atoms with van der Waals surface area (Å²) in [6, 6.07) is 17.0. The maximum Gasteiger partial charge on any atom is 0.343 e. The highest BCUT2D eigenvalue weighted by Crippen LogP contribution is 2.22. The lowest BCUT2D eigenvalue weighted by Crippen LogP contribution is -2.18. The molecule has 3 aromatic rings. The number of rotatable bonds is 9.